The van der Waals surface area contributed by atoms with Crippen molar-refractivity contribution in [3.63, 3.8) is 0 Å². The SMILES string of the molecule is COc1ccccc1/C=C/[C@H]1NC(C)(C)[C@@H]2CC[C@@H](C)C[C@H]2O1.Cl. The van der Waals surface area contributed by atoms with Gasteiger partial charge in [0, 0.05) is 17.0 Å². The highest BCUT2D eigenvalue weighted by Gasteiger charge is 2.44. The molecule has 0 spiro atoms. The van der Waals surface area contributed by atoms with Gasteiger partial charge < -0.3 is 9.47 Å². The van der Waals surface area contributed by atoms with Gasteiger partial charge in [-0.3, -0.25) is 5.32 Å². The molecule has 4 atom stereocenters. The third-order valence-electron chi connectivity index (χ3n) is 5.41. The summed E-state index contributed by atoms with van der Waals surface area (Å²) in [7, 11) is 1.71. The summed E-state index contributed by atoms with van der Waals surface area (Å²) in [6.07, 6.45) is 8.29. The van der Waals surface area contributed by atoms with Gasteiger partial charge in [-0.2, -0.15) is 0 Å². The second-order valence-electron chi connectivity index (χ2n) is 7.59. The van der Waals surface area contributed by atoms with Crippen LogP contribution in [0, 0.1) is 11.8 Å². The molecule has 0 unspecified atom stereocenters. The molecular weight excluding hydrogens is 322 g/mol. The molecule has 0 radical (unpaired) electrons. The number of rotatable bonds is 3. The van der Waals surface area contributed by atoms with Gasteiger partial charge in [0.15, 0.2) is 0 Å². The third-order valence-corrected chi connectivity index (χ3v) is 5.41. The van der Waals surface area contributed by atoms with Crippen LogP contribution >= 0.6 is 12.4 Å². The molecular formula is C20H30ClNO2. The molecule has 1 aliphatic carbocycles. The fourth-order valence-electron chi connectivity index (χ4n) is 4.09. The number of methoxy groups -OCH3 is 1. The van der Waals surface area contributed by atoms with Crippen molar-refractivity contribution in [2.45, 2.75) is 57.9 Å². The minimum Gasteiger partial charge on any atom is -0.496 e. The van der Waals surface area contributed by atoms with Crippen LogP contribution in [0.25, 0.3) is 6.08 Å². The van der Waals surface area contributed by atoms with E-state index in [-0.39, 0.29) is 24.2 Å². The van der Waals surface area contributed by atoms with Crippen LogP contribution in [0.4, 0.5) is 0 Å². The molecule has 1 N–H and O–H groups in total. The van der Waals surface area contributed by atoms with Gasteiger partial charge in [-0.25, -0.2) is 0 Å². The second-order valence-corrected chi connectivity index (χ2v) is 7.59. The Bertz CT molecular complexity index is 573. The van der Waals surface area contributed by atoms with E-state index >= 15 is 0 Å². The lowest BCUT2D eigenvalue weighted by Crippen LogP contribution is -2.62. The molecule has 134 valence electrons. The standard InChI is InChI=1S/C20H29NO2.ClH/c1-14-9-11-16-18(13-14)23-19(21-20(16,2)3)12-10-15-7-5-6-8-17(15)22-4;/h5-8,10,12,14,16,18-19,21H,9,11,13H2,1-4H3;1H/b12-10+;/t14-,16-,18-,19+;/m1./s1. The Balaban J connectivity index is 0.00000208. The molecule has 0 amide bonds. The van der Waals surface area contributed by atoms with Gasteiger partial charge in [0.2, 0.25) is 0 Å². The zero-order chi connectivity index (χ0) is 16.4. The van der Waals surface area contributed by atoms with Crippen LogP contribution in [0.2, 0.25) is 0 Å². The van der Waals surface area contributed by atoms with E-state index in [1.165, 1.54) is 19.3 Å². The quantitative estimate of drug-likeness (QED) is 0.859. The molecule has 2 aliphatic rings. The maximum atomic E-state index is 6.35. The number of nitrogens with one attached hydrogen (secondary N) is 1. The Labute approximate surface area is 152 Å². The summed E-state index contributed by atoms with van der Waals surface area (Å²) >= 11 is 0. The highest BCUT2D eigenvalue weighted by molar-refractivity contribution is 5.85. The zero-order valence-corrected chi connectivity index (χ0v) is 15.9. The molecule has 4 heteroatoms. The molecule has 2 fully saturated rings. The summed E-state index contributed by atoms with van der Waals surface area (Å²) in [6.45, 7) is 6.97. The van der Waals surface area contributed by atoms with Crippen molar-refractivity contribution in [1.82, 2.24) is 5.32 Å². The lowest BCUT2D eigenvalue weighted by Gasteiger charge is -2.51. The molecule has 1 aromatic rings. The summed E-state index contributed by atoms with van der Waals surface area (Å²) in [5.41, 5.74) is 1.19. The van der Waals surface area contributed by atoms with E-state index in [0.717, 1.165) is 17.2 Å². The van der Waals surface area contributed by atoms with E-state index < -0.39 is 0 Å². The van der Waals surface area contributed by atoms with Crippen molar-refractivity contribution >= 4 is 18.5 Å². The summed E-state index contributed by atoms with van der Waals surface area (Å²) in [6, 6.07) is 8.06. The molecule has 1 saturated heterocycles. The summed E-state index contributed by atoms with van der Waals surface area (Å²) < 4.78 is 11.8. The van der Waals surface area contributed by atoms with Gasteiger partial charge in [0.05, 0.1) is 13.2 Å². The average molecular weight is 352 g/mol. The van der Waals surface area contributed by atoms with Gasteiger partial charge in [-0.05, 0) is 44.7 Å². The monoisotopic (exact) mass is 351 g/mol. The van der Waals surface area contributed by atoms with Crippen LogP contribution in [0.1, 0.15) is 45.6 Å². The van der Waals surface area contributed by atoms with Crippen molar-refractivity contribution in [1.29, 1.82) is 0 Å². The normalized spacial score (nSPS) is 32.0. The van der Waals surface area contributed by atoms with E-state index in [4.69, 9.17) is 9.47 Å². The van der Waals surface area contributed by atoms with E-state index in [2.05, 4.69) is 44.3 Å². The minimum absolute atomic E-state index is 0. The Hall–Kier alpha value is -1.03. The van der Waals surface area contributed by atoms with Crippen molar-refractivity contribution in [2.24, 2.45) is 11.8 Å². The van der Waals surface area contributed by atoms with E-state index in [0.29, 0.717) is 12.0 Å². The molecule has 24 heavy (non-hydrogen) atoms. The topological polar surface area (TPSA) is 30.5 Å². The number of fused-ring (bicyclic) bond motifs is 1. The summed E-state index contributed by atoms with van der Waals surface area (Å²) in [5.74, 6) is 2.27. The Morgan fingerprint density at radius 3 is 2.75 bits per heavy atom. The van der Waals surface area contributed by atoms with E-state index in [9.17, 15) is 0 Å². The predicted molar refractivity (Wildman–Crippen MR) is 102 cm³/mol. The number of hydrogen-bond donors (Lipinski definition) is 1. The maximum Gasteiger partial charge on any atom is 0.128 e. The average Bonchev–Trinajstić information content (AvgIpc) is 2.52. The molecule has 1 saturated carbocycles. The second kappa shape index (κ2) is 7.90. The van der Waals surface area contributed by atoms with Crippen LogP contribution in [-0.2, 0) is 4.74 Å². The lowest BCUT2D eigenvalue weighted by molar-refractivity contribution is -0.136. The molecule has 1 heterocycles. The largest absolute Gasteiger partial charge is 0.496 e. The highest BCUT2D eigenvalue weighted by Crippen LogP contribution is 2.40. The van der Waals surface area contributed by atoms with Gasteiger partial charge in [-0.15, -0.1) is 12.4 Å². The van der Waals surface area contributed by atoms with Crippen LogP contribution in [-0.4, -0.2) is 25.0 Å². The fourth-order valence-corrected chi connectivity index (χ4v) is 4.09. The summed E-state index contributed by atoms with van der Waals surface area (Å²) in [4.78, 5) is 0. The zero-order valence-electron chi connectivity index (χ0n) is 15.1. The van der Waals surface area contributed by atoms with Gasteiger partial charge in [0.1, 0.15) is 12.0 Å². The highest BCUT2D eigenvalue weighted by atomic mass is 35.5. The lowest BCUT2D eigenvalue weighted by atomic mass is 9.70. The number of hydrogen-bond acceptors (Lipinski definition) is 3. The van der Waals surface area contributed by atoms with Crippen LogP contribution < -0.4 is 10.1 Å². The van der Waals surface area contributed by atoms with Crippen molar-refractivity contribution in [3.05, 3.63) is 35.9 Å². The van der Waals surface area contributed by atoms with Gasteiger partial charge in [-0.1, -0.05) is 37.6 Å². The number of halogens is 1. The van der Waals surface area contributed by atoms with Crippen molar-refractivity contribution < 1.29 is 9.47 Å². The predicted octanol–water partition coefficient (Wildman–Crippen LogP) is 4.66. The number of para-hydroxylation sites is 1. The van der Waals surface area contributed by atoms with Crippen LogP contribution in [0.3, 0.4) is 0 Å². The molecule has 3 rings (SSSR count). The maximum absolute atomic E-state index is 6.35. The minimum atomic E-state index is -0.0403. The van der Waals surface area contributed by atoms with Crippen molar-refractivity contribution in [2.75, 3.05) is 7.11 Å². The number of benzene rings is 1. The van der Waals surface area contributed by atoms with Crippen LogP contribution in [0.15, 0.2) is 30.3 Å². The first-order chi connectivity index (χ1) is 11.0. The Morgan fingerprint density at radius 1 is 1.25 bits per heavy atom. The molecule has 0 bridgehead atoms. The molecule has 1 aliphatic heterocycles. The van der Waals surface area contributed by atoms with E-state index in [1.54, 1.807) is 7.11 Å². The van der Waals surface area contributed by atoms with Gasteiger partial charge in [0.25, 0.3) is 0 Å². The molecule has 0 aromatic heterocycles. The molecule has 1 aromatic carbocycles. The van der Waals surface area contributed by atoms with E-state index in [1.807, 2.05) is 18.2 Å². The van der Waals surface area contributed by atoms with Crippen molar-refractivity contribution in [3.8, 4) is 5.75 Å². The first kappa shape index (κ1) is 19.3. The first-order valence-electron chi connectivity index (χ1n) is 8.74. The Morgan fingerprint density at radius 2 is 2.00 bits per heavy atom. The Kier molecular flexibility index (Phi) is 6.35. The number of ether oxygens (including phenoxy) is 2. The molecule has 3 nitrogen and oxygen atoms in total. The fraction of sp³-hybridized carbons (Fsp3) is 0.600. The smallest absolute Gasteiger partial charge is 0.128 e. The summed E-state index contributed by atoms with van der Waals surface area (Å²) in [5, 5.41) is 3.66. The third kappa shape index (κ3) is 4.14. The van der Waals surface area contributed by atoms with Gasteiger partial charge >= 0.3 is 0 Å². The first-order valence-corrected chi connectivity index (χ1v) is 8.74. The van der Waals surface area contributed by atoms with Crippen LogP contribution in [0.5, 0.6) is 5.75 Å².